The van der Waals surface area contributed by atoms with Crippen molar-refractivity contribution in [2.24, 2.45) is 0 Å². The molecule has 8 heteroatoms. The lowest BCUT2D eigenvalue weighted by Gasteiger charge is -2.43. The van der Waals surface area contributed by atoms with Crippen molar-refractivity contribution in [2.75, 3.05) is 0 Å². The van der Waals surface area contributed by atoms with E-state index in [4.69, 9.17) is 0 Å². The van der Waals surface area contributed by atoms with E-state index in [1.54, 1.807) is 0 Å². The molecule has 0 spiro atoms. The molecule has 0 aromatic heterocycles. The highest BCUT2D eigenvalue weighted by Gasteiger charge is 2.63. The Morgan fingerprint density at radius 1 is 0.824 bits per heavy atom. The molecule has 0 radical (unpaired) electrons. The van der Waals surface area contributed by atoms with Gasteiger partial charge in [-0.25, -0.2) is 4.39 Å². The molecular weight excluding hydrogens is 257 g/mol. The highest BCUT2D eigenvalue weighted by molar-refractivity contribution is 5.27. The molecule has 0 aliphatic heterocycles. The highest BCUT2D eigenvalue weighted by Crippen LogP contribution is 2.48. The van der Waals surface area contributed by atoms with E-state index in [2.05, 4.69) is 0 Å². The van der Waals surface area contributed by atoms with Gasteiger partial charge in [0.1, 0.15) is 11.4 Å². The van der Waals surface area contributed by atoms with Crippen molar-refractivity contribution in [3.63, 3.8) is 0 Å². The van der Waals surface area contributed by atoms with E-state index in [-0.39, 0.29) is 6.07 Å². The molecule has 0 heterocycles. The summed E-state index contributed by atoms with van der Waals surface area (Å²) < 4.78 is 86.5. The second-order valence-corrected chi connectivity index (χ2v) is 3.16. The van der Waals surface area contributed by atoms with Crippen LogP contribution in [0.4, 0.5) is 30.7 Å². The summed E-state index contributed by atoms with van der Waals surface area (Å²) in [6.07, 6.45) is -12.4. The lowest BCUT2D eigenvalue weighted by Crippen LogP contribution is -2.63. The van der Waals surface area contributed by atoms with E-state index in [0.29, 0.717) is 6.07 Å². The van der Waals surface area contributed by atoms with E-state index < -0.39 is 29.3 Å². The summed E-state index contributed by atoms with van der Waals surface area (Å²) in [4.78, 5) is 0. The summed E-state index contributed by atoms with van der Waals surface area (Å²) in [7, 11) is 0. The molecule has 0 aliphatic carbocycles. The maximum atomic E-state index is 12.9. The fourth-order valence-corrected chi connectivity index (χ4v) is 1.21. The summed E-state index contributed by atoms with van der Waals surface area (Å²) in [6.45, 7) is 0. The first-order valence-corrected chi connectivity index (χ1v) is 4.10. The molecule has 0 amide bonds. The summed E-state index contributed by atoms with van der Waals surface area (Å²) in [5.41, 5.74) is -7.45. The number of hydrogen-bond donors (Lipinski definition) is 0. The van der Waals surface area contributed by atoms with Crippen molar-refractivity contribution in [3.8, 4) is 0 Å². The first-order chi connectivity index (χ1) is 7.52. The van der Waals surface area contributed by atoms with Crippen LogP contribution in [0.3, 0.4) is 0 Å². The van der Waals surface area contributed by atoms with E-state index in [1.165, 1.54) is 0 Å². The largest absolute Gasteiger partial charge is 0.833 e. The Bertz CT molecular complexity index is 393. The molecule has 0 unspecified atom stereocenters. The van der Waals surface area contributed by atoms with Crippen LogP contribution in [0.15, 0.2) is 24.3 Å². The molecule has 0 saturated carbocycles. The molecule has 96 valence electrons. The highest BCUT2D eigenvalue weighted by atomic mass is 19.4. The summed E-state index contributed by atoms with van der Waals surface area (Å²) in [5.74, 6) is -1.85. The first-order valence-electron chi connectivity index (χ1n) is 4.10. The number of halogens is 7. The third-order valence-electron chi connectivity index (χ3n) is 2.05. The lowest BCUT2D eigenvalue weighted by molar-refractivity contribution is -0.605. The Morgan fingerprint density at radius 3 is 1.59 bits per heavy atom. The Morgan fingerprint density at radius 2 is 1.24 bits per heavy atom. The average Bonchev–Trinajstić information content (AvgIpc) is 2.13. The molecule has 0 atom stereocenters. The van der Waals surface area contributed by atoms with Gasteiger partial charge >= 0.3 is 12.4 Å². The molecule has 0 bridgehead atoms. The number of benzene rings is 1. The molecule has 0 N–H and O–H groups in total. The minimum absolute atomic E-state index is 0.170. The van der Waals surface area contributed by atoms with Gasteiger partial charge in [0.05, 0.1) is 0 Å². The standard InChI is InChI=1S/C9H4F7O/c10-6-4-2-1-3-5(6)7(17,8(11,12)13)9(14,15)16/h1-4H/q-1. The van der Waals surface area contributed by atoms with E-state index in [1.807, 2.05) is 0 Å². The third kappa shape index (κ3) is 2.08. The fraction of sp³-hybridized carbons (Fsp3) is 0.333. The topological polar surface area (TPSA) is 23.1 Å². The molecular formula is C9H4F7O-. The zero-order valence-electron chi connectivity index (χ0n) is 7.86. The number of hydrogen-bond acceptors (Lipinski definition) is 1. The predicted octanol–water partition coefficient (Wildman–Crippen LogP) is 2.51. The van der Waals surface area contributed by atoms with Gasteiger partial charge in [0.2, 0.25) is 0 Å². The monoisotopic (exact) mass is 261 g/mol. The smallest absolute Gasteiger partial charge is 0.392 e. The van der Waals surface area contributed by atoms with Gasteiger partial charge in [-0.2, -0.15) is 26.3 Å². The van der Waals surface area contributed by atoms with Crippen LogP contribution < -0.4 is 5.11 Å². The Labute approximate surface area is 90.5 Å². The SMILES string of the molecule is [O-]C(c1ccccc1F)(C(F)(F)F)C(F)(F)F. The van der Waals surface area contributed by atoms with Crippen LogP contribution in [-0.4, -0.2) is 12.4 Å². The van der Waals surface area contributed by atoms with Gasteiger partial charge in [-0.05, 0) is 11.6 Å². The summed E-state index contributed by atoms with van der Waals surface area (Å²) in [5, 5.41) is 11.1. The molecule has 17 heavy (non-hydrogen) atoms. The van der Waals surface area contributed by atoms with Gasteiger partial charge in [-0.3, -0.25) is 0 Å². The van der Waals surface area contributed by atoms with Gasteiger partial charge in [-0.15, -0.1) is 0 Å². The van der Waals surface area contributed by atoms with Gasteiger partial charge in [0, 0.05) is 0 Å². The van der Waals surface area contributed by atoms with Crippen molar-refractivity contribution < 1.29 is 35.8 Å². The van der Waals surface area contributed by atoms with Gasteiger partial charge < -0.3 is 5.11 Å². The van der Waals surface area contributed by atoms with Crippen LogP contribution >= 0.6 is 0 Å². The van der Waals surface area contributed by atoms with Crippen molar-refractivity contribution in [3.05, 3.63) is 35.6 Å². The molecule has 1 nitrogen and oxygen atoms in total. The van der Waals surface area contributed by atoms with E-state index in [9.17, 15) is 35.8 Å². The van der Waals surface area contributed by atoms with E-state index in [0.717, 1.165) is 12.1 Å². The van der Waals surface area contributed by atoms with Crippen LogP contribution in [0.25, 0.3) is 0 Å². The maximum Gasteiger partial charge on any atom is 0.392 e. The fourth-order valence-electron chi connectivity index (χ4n) is 1.21. The van der Waals surface area contributed by atoms with Crippen LogP contribution in [0.2, 0.25) is 0 Å². The molecule has 1 aromatic rings. The van der Waals surface area contributed by atoms with E-state index >= 15 is 0 Å². The second-order valence-electron chi connectivity index (χ2n) is 3.16. The van der Waals surface area contributed by atoms with Crippen LogP contribution in [0.5, 0.6) is 0 Å². The van der Waals surface area contributed by atoms with Crippen molar-refractivity contribution in [1.29, 1.82) is 0 Å². The summed E-state index contributed by atoms with van der Waals surface area (Å²) >= 11 is 0. The molecule has 1 rings (SSSR count). The van der Waals surface area contributed by atoms with Crippen molar-refractivity contribution in [2.45, 2.75) is 18.0 Å². The molecule has 0 fully saturated rings. The Hall–Kier alpha value is -1.31. The summed E-state index contributed by atoms with van der Waals surface area (Å²) in [6, 6.07) is 2.14. The van der Waals surface area contributed by atoms with Gasteiger partial charge in [0.25, 0.3) is 0 Å². The Kier molecular flexibility index (Phi) is 3.13. The van der Waals surface area contributed by atoms with Crippen LogP contribution in [0.1, 0.15) is 5.56 Å². The van der Waals surface area contributed by atoms with Crippen molar-refractivity contribution >= 4 is 0 Å². The number of rotatable bonds is 1. The maximum absolute atomic E-state index is 12.9. The molecule has 0 saturated heterocycles. The molecule has 1 aromatic carbocycles. The minimum atomic E-state index is -6.19. The Balaban J connectivity index is 3.53. The molecule has 0 aliphatic rings. The first kappa shape index (κ1) is 13.8. The third-order valence-corrected chi connectivity index (χ3v) is 2.05. The van der Waals surface area contributed by atoms with Crippen LogP contribution in [0, 0.1) is 5.82 Å². The quantitative estimate of drug-likeness (QED) is 0.712. The average molecular weight is 261 g/mol. The zero-order valence-corrected chi connectivity index (χ0v) is 7.86. The normalized spacial score (nSPS) is 13.9. The van der Waals surface area contributed by atoms with Crippen molar-refractivity contribution in [1.82, 2.24) is 0 Å². The predicted molar refractivity (Wildman–Crippen MR) is 40.2 cm³/mol. The van der Waals surface area contributed by atoms with Crippen LogP contribution in [-0.2, 0) is 5.60 Å². The number of alkyl halides is 6. The zero-order chi connectivity index (χ0) is 13.5. The van der Waals surface area contributed by atoms with Gasteiger partial charge in [0.15, 0.2) is 0 Å². The second kappa shape index (κ2) is 3.86. The van der Waals surface area contributed by atoms with Gasteiger partial charge in [-0.1, -0.05) is 18.2 Å². The lowest BCUT2D eigenvalue weighted by atomic mass is 9.92. The minimum Gasteiger partial charge on any atom is -0.833 e.